The minimum absolute atomic E-state index is 0.855. The summed E-state index contributed by atoms with van der Waals surface area (Å²) < 4.78 is 6.71. The molecule has 0 radical (unpaired) electrons. The van der Waals surface area contributed by atoms with Crippen molar-refractivity contribution >= 4 is 28.0 Å². The summed E-state index contributed by atoms with van der Waals surface area (Å²) in [5.41, 5.74) is 16.8. The predicted octanol–water partition coefficient (Wildman–Crippen LogP) is 15.9. The van der Waals surface area contributed by atoms with Gasteiger partial charge in [-0.25, -0.2) is 0 Å². The third-order valence-corrected chi connectivity index (χ3v) is 10.9. The molecule has 0 saturated heterocycles. The zero-order chi connectivity index (χ0) is 38.7. The van der Waals surface area contributed by atoms with E-state index in [-0.39, 0.29) is 0 Å². The van der Waals surface area contributed by atoms with Crippen LogP contribution in [0.15, 0.2) is 241 Å². The molecular weight excluding hydrogens is 703 g/mol. The van der Waals surface area contributed by atoms with Crippen LogP contribution >= 0.6 is 0 Å². The number of anilines is 3. The van der Waals surface area contributed by atoms with Gasteiger partial charge in [0.05, 0.1) is 5.69 Å². The highest BCUT2D eigenvalue weighted by molar-refractivity contribution is 6.02. The highest BCUT2D eigenvalue weighted by Crippen LogP contribution is 2.46. The van der Waals surface area contributed by atoms with Crippen LogP contribution < -0.4 is 4.90 Å². The number of nitrogens with zero attached hydrogens (tertiary/aromatic N) is 1. The molecule has 0 N–H and O–H groups in total. The number of hydrogen-bond donors (Lipinski definition) is 0. The van der Waals surface area contributed by atoms with E-state index in [1.54, 1.807) is 0 Å². The van der Waals surface area contributed by atoms with Gasteiger partial charge < -0.3 is 9.32 Å². The fourth-order valence-electron chi connectivity index (χ4n) is 8.23. The number of furan rings is 1. The molecule has 1 aromatic heterocycles. The average Bonchev–Trinajstić information content (AvgIpc) is 3.71. The van der Waals surface area contributed by atoms with E-state index in [1.807, 2.05) is 6.07 Å². The van der Waals surface area contributed by atoms with Crippen LogP contribution in [0.4, 0.5) is 17.1 Å². The Kier molecular flexibility index (Phi) is 9.27. The van der Waals surface area contributed by atoms with Crippen molar-refractivity contribution in [2.75, 3.05) is 4.90 Å². The fourth-order valence-corrected chi connectivity index (χ4v) is 8.23. The monoisotopic (exact) mass is 741 g/mol. The van der Waals surface area contributed by atoms with Crippen LogP contribution in [0.5, 0.6) is 0 Å². The first-order chi connectivity index (χ1) is 28.8. The quantitative estimate of drug-likeness (QED) is 0.146. The molecule has 9 aromatic carbocycles. The Morgan fingerprint density at radius 2 is 0.759 bits per heavy atom. The molecule has 58 heavy (non-hydrogen) atoms. The zero-order valence-electron chi connectivity index (χ0n) is 31.9. The Morgan fingerprint density at radius 3 is 1.40 bits per heavy atom. The summed E-state index contributed by atoms with van der Waals surface area (Å²) in [7, 11) is 0. The molecule has 2 heteroatoms. The van der Waals surface area contributed by atoms with Crippen LogP contribution in [0, 0.1) is 0 Å². The summed E-state index contributed by atoms with van der Waals surface area (Å²) in [6, 6.07) is 84.0. The van der Waals surface area contributed by atoms with Crippen LogP contribution in [0.1, 0.15) is 0 Å². The van der Waals surface area contributed by atoms with Gasteiger partial charge in [0.25, 0.3) is 0 Å². The summed E-state index contributed by atoms with van der Waals surface area (Å²) in [6.07, 6.45) is 0. The molecule has 0 aliphatic rings. The molecule has 2 nitrogen and oxygen atoms in total. The van der Waals surface area contributed by atoms with Crippen molar-refractivity contribution in [2.24, 2.45) is 0 Å². The largest absolute Gasteiger partial charge is 0.455 e. The second-order valence-corrected chi connectivity index (χ2v) is 14.4. The van der Waals surface area contributed by atoms with Crippen LogP contribution in [0.25, 0.3) is 77.9 Å². The van der Waals surface area contributed by atoms with E-state index in [0.717, 1.165) is 67.2 Å². The van der Waals surface area contributed by atoms with E-state index in [9.17, 15) is 0 Å². The normalized spacial score (nSPS) is 11.1. The van der Waals surface area contributed by atoms with Gasteiger partial charge in [0.1, 0.15) is 11.3 Å². The third-order valence-electron chi connectivity index (χ3n) is 10.9. The first kappa shape index (κ1) is 34.8. The van der Waals surface area contributed by atoms with E-state index >= 15 is 0 Å². The molecule has 274 valence electrons. The maximum absolute atomic E-state index is 6.71. The van der Waals surface area contributed by atoms with Gasteiger partial charge in [0, 0.05) is 33.5 Å². The topological polar surface area (TPSA) is 16.4 Å². The minimum atomic E-state index is 0.855. The van der Waals surface area contributed by atoms with Gasteiger partial charge in [-0.2, -0.15) is 0 Å². The molecule has 0 aliphatic carbocycles. The zero-order valence-corrected chi connectivity index (χ0v) is 31.9. The van der Waals surface area contributed by atoms with Crippen LogP contribution in [-0.2, 0) is 0 Å². The first-order valence-corrected chi connectivity index (χ1v) is 19.8. The maximum atomic E-state index is 6.71. The number of hydrogen-bond acceptors (Lipinski definition) is 2. The number of para-hydroxylation sites is 2. The standard InChI is InChI=1S/C56H39NO/c1-4-19-40(20-5-1)47-27-10-12-30-50(47)51-31-13-11-28-48(51)42-35-37-45(38-36-42)57(53-33-16-14-29-49(53)41-21-6-2-7-22-41)46-26-18-25-44(39-46)56-55(43-23-8-3-9-24-43)52-32-15-17-34-54(52)58-56/h1-39H. The average molecular weight is 742 g/mol. The Balaban J connectivity index is 1.12. The lowest BCUT2D eigenvalue weighted by atomic mass is 9.89. The molecule has 0 atom stereocenters. The van der Waals surface area contributed by atoms with Gasteiger partial charge in [-0.15, -0.1) is 0 Å². The molecule has 0 unspecified atom stereocenters. The van der Waals surface area contributed by atoms with Crippen LogP contribution in [0.2, 0.25) is 0 Å². The fraction of sp³-hybridized carbons (Fsp3) is 0. The Hall–Kier alpha value is -7.68. The molecule has 0 fully saturated rings. The van der Waals surface area contributed by atoms with Crippen molar-refractivity contribution in [1.82, 2.24) is 0 Å². The number of rotatable bonds is 9. The number of benzene rings is 9. The molecule has 0 amide bonds. The van der Waals surface area contributed by atoms with Gasteiger partial charge in [0.15, 0.2) is 0 Å². The van der Waals surface area contributed by atoms with E-state index in [4.69, 9.17) is 4.42 Å². The summed E-state index contributed by atoms with van der Waals surface area (Å²) in [4.78, 5) is 2.37. The van der Waals surface area contributed by atoms with Crippen LogP contribution in [0.3, 0.4) is 0 Å². The molecule has 10 rings (SSSR count). The summed E-state index contributed by atoms with van der Waals surface area (Å²) >= 11 is 0. The van der Waals surface area contributed by atoms with Gasteiger partial charge in [0.2, 0.25) is 0 Å². The second-order valence-electron chi connectivity index (χ2n) is 14.4. The van der Waals surface area contributed by atoms with E-state index in [2.05, 4.69) is 235 Å². The highest BCUT2D eigenvalue weighted by atomic mass is 16.3. The lowest BCUT2D eigenvalue weighted by Crippen LogP contribution is -2.11. The van der Waals surface area contributed by atoms with Gasteiger partial charge in [-0.05, 0) is 80.9 Å². The van der Waals surface area contributed by atoms with Gasteiger partial charge >= 0.3 is 0 Å². The maximum Gasteiger partial charge on any atom is 0.143 e. The van der Waals surface area contributed by atoms with Crippen molar-refractivity contribution < 1.29 is 4.42 Å². The van der Waals surface area contributed by atoms with Crippen molar-refractivity contribution in [2.45, 2.75) is 0 Å². The summed E-state index contributed by atoms with van der Waals surface area (Å²) in [5.74, 6) is 0.855. The molecule has 0 bridgehead atoms. The van der Waals surface area contributed by atoms with E-state index < -0.39 is 0 Å². The summed E-state index contributed by atoms with van der Waals surface area (Å²) in [6.45, 7) is 0. The Morgan fingerprint density at radius 1 is 0.293 bits per heavy atom. The minimum Gasteiger partial charge on any atom is -0.455 e. The Labute approximate surface area is 339 Å². The lowest BCUT2D eigenvalue weighted by molar-refractivity contribution is 0.632. The number of fused-ring (bicyclic) bond motifs is 1. The molecule has 0 aliphatic heterocycles. The molecule has 0 saturated carbocycles. The molecular formula is C56H39NO. The predicted molar refractivity (Wildman–Crippen MR) is 244 cm³/mol. The third kappa shape index (κ3) is 6.57. The molecule has 10 aromatic rings. The van der Waals surface area contributed by atoms with Crippen molar-refractivity contribution in [3.63, 3.8) is 0 Å². The molecule has 1 heterocycles. The van der Waals surface area contributed by atoms with Crippen molar-refractivity contribution in [3.05, 3.63) is 237 Å². The van der Waals surface area contributed by atoms with Crippen molar-refractivity contribution in [1.29, 1.82) is 0 Å². The summed E-state index contributed by atoms with van der Waals surface area (Å²) in [5, 5.41) is 1.10. The van der Waals surface area contributed by atoms with Gasteiger partial charge in [-0.1, -0.05) is 200 Å². The van der Waals surface area contributed by atoms with E-state index in [1.165, 1.54) is 27.8 Å². The highest BCUT2D eigenvalue weighted by Gasteiger charge is 2.22. The van der Waals surface area contributed by atoms with E-state index in [0.29, 0.717) is 0 Å². The second kappa shape index (κ2) is 15.5. The van der Waals surface area contributed by atoms with Crippen molar-refractivity contribution in [3.8, 4) is 67.0 Å². The Bertz CT molecular complexity index is 2980. The smallest absolute Gasteiger partial charge is 0.143 e. The SMILES string of the molecule is c1ccc(-c2ccccc2-c2ccccc2-c2ccc(N(c3cccc(-c4oc5ccccc5c4-c4ccccc4)c3)c3ccccc3-c3ccccc3)cc2)cc1. The van der Waals surface area contributed by atoms with Gasteiger partial charge in [-0.3, -0.25) is 0 Å². The first-order valence-electron chi connectivity index (χ1n) is 19.8. The lowest BCUT2D eigenvalue weighted by Gasteiger charge is -2.28. The van der Waals surface area contributed by atoms with Crippen LogP contribution in [-0.4, -0.2) is 0 Å². The molecule has 0 spiro atoms.